The molecule has 0 radical (unpaired) electrons. The smallest absolute Gasteiger partial charge is 0.162 e. The van der Waals surface area contributed by atoms with Crippen LogP contribution in [-0.4, -0.2) is 33.4 Å². The largest absolute Gasteiger partial charge is 0.493 e. The Bertz CT molecular complexity index is 403. The molecule has 102 valence electrons. The molecule has 4 nitrogen and oxygen atoms in total. The number of aryl methyl sites for hydroxylation is 1. The topological polar surface area (TPSA) is 42.5 Å². The molecule has 2 N–H and O–H groups in total. The zero-order valence-electron chi connectivity index (χ0n) is 12.2. The van der Waals surface area contributed by atoms with Crippen LogP contribution in [0.4, 0.5) is 5.69 Å². The van der Waals surface area contributed by atoms with E-state index in [1.165, 1.54) is 0 Å². The van der Waals surface area contributed by atoms with E-state index in [1.807, 2.05) is 19.2 Å². The number of rotatable bonds is 6. The first-order chi connectivity index (χ1) is 8.43. The summed E-state index contributed by atoms with van der Waals surface area (Å²) in [5.74, 6) is 1.50. The van der Waals surface area contributed by atoms with Crippen LogP contribution in [-0.2, 0) is 0 Å². The third-order valence-electron chi connectivity index (χ3n) is 3.13. The maximum absolute atomic E-state index is 5.31. The van der Waals surface area contributed by atoms with E-state index in [0.29, 0.717) is 0 Å². The highest BCUT2D eigenvalue weighted by Crippen LogP contribution is 2.32. The lowest BCUT2D eigenvalue weighted by atomic mass is 10.1. The second-order valence-corrected chi connectivity index (χ2v) is 5.01. The molecule has 0 fully saturated rings. The molecule has 0 bridgehead atoms. The molecule has 0 spiro atoms. The fourth-order valence-electron chi connectivity index (χ4n) is 1.58. The molecule has 0 atom stereocenters. The zero-order valence-corrected chi connectivity index (χ0v) is 12.2. The van der Waals surface area contributed by atoms with E-state index in [9.17, 15) is 0 Å². The van der Waals surface area contributed by atoms with Gasteiger partial charge in [-0.05, 0) is 39.4 Å². The second-order valence-electron chi connectivity index (χ2n) is 5.01. The minimum absolute atomic E-state index is 0.0413. The standard InChI is InChI=1S/C14H24N2O2/c1-10-7-12(17-5)13(18-6)8-11(10)16-9-14(2,3)15-4/h7-8,15-16H,9H2,1-6H3. The number of anilines is 1. The maximum Gasteiger partial charge on any atom is 0.162 e. The number of hydrogen-bond acceptors (Lipinski definition) is 4. The molecule has 0 heterocycles. The molecule has 1 rings (SSSR count). The highest BCUT2D eigenvalue weighted by atomic mass is 16.5. The number of benzene rings is 1. The van der Waals surface area contributed by atoms with Gasteiger partial charge in [-0.25, -0.2) is 0 Å². The molecule has 0 saturated heterocycles. The Kier molecular flexibility index (Phi) is 4.84. The van der Waals surface area contributed by atoms with E-state index in [0.717, 1.165) is 29.3 Å². The highest BCUT2D eigenvalue weighted by Gasteiger charge is 2.15. The Hall–Kier alpha value is -1.42. The third-order valence-corrected chi connectivity index (χ3v) is 3.13. The summed E-state index contributed by atoms with van der Waals surface area (Å²) in [6, 6.07) is 3.95. The van der Waals surface area contributed by atoms with Crippen LogP contribution in [0.3, 0.4) is 0 Å². The summed E-state index contributed by atoms with van der Waals surface area (Å²) in [7, 11) is 5.26. The summed E-state index contributed by atoms with van der Waals surface area (Å²) in [5, 5.41) is 6.70. The molecule has 0 aliphatic carbocycles. The summed E-state index contributed by atoms with van der Waals surface area (Å²) in [4.78, 5) is 0. The number of methoxy groups -OCH3 is 2. The quantitative estimate of drug-likeness (QED) is 0.816. The van der Waals surface area contributed by atoms with Crippen LogP contribution in [0, 0.1) is 6.92 Å². The van der Waals surface area contributed by atoms with Crippen LogP contribution in [0.2, 0.25) is 0 Å². The van der Waals surface area contributed by atoms with Crippen molar-refractivity contribution in [1.82, 2.24) is 5.32 Å². The lowest BCUT2D eigenvalue weighted by Crippen LogP contribution is -2.42. The van der Waals surface area contributed by atoms with Gasteiger partial charge in [0.1, 0.15) is 0 Å². The molecule has 0 aromatic heterocycles. The number of hydrogen-bond donors (Lipinski definition) is 2. The van der Waals surface area contributed by atoms with Gasteiger partial charge in [-0.15, -0.1) is 0 Å². The number of ether oxygens (including phenoxy) is 2. The van der Waals surface area contributed by atoms with Gasteiger partial charge in [0.15, 0.2) is 11.5 Å². The molecule has 0 saturated carbocycles. The summed E-state index contributed by atoms with van der Waals surface area (Å²) >= 11 is 0. The highest BCUT2D eigenvalue weighted by molar-refractivity contribution is 5.60. The zero-order chi connectivity index (χ0) is 13.8. The van der Waals surface area contributed by atoms with Gasteiger partial charge in [-0.1, -0.05) is 0 Å². The SMILES string of the molecule is CNC(C)(C)CNc1cc(OC)c(OC)cc1C. The third kappa shape index (κ3) is 3.53. The van der Waals surface area contributed by atoms with Crippen molar-refractivity contribution >= 4 is 5.69 Å². The fraction of sp³-hybridized carbons (Fsp3) is 0.571. The normalized spacial score (nSPS) is 11.2. The predicted molar refractivity (Wildman–Crippen MR) is 75.9 cm³/mol. The van der Waals surface area contributed by atoms with Gasteiger partial charge in [0.2, 0.25) is 0 Å². The van der Waals surface area contributed by atoms with E-state index >= 15 is 0 Å². The van der Waals surface area contributed by atoms with E-state index < -0.39 is 0 Å². The molecule has 18 heavy (non-hydrogen) atoms. The van der Waals surface area contributed by atoms with Crippen molar-refractivity contribution in [1.29, 1.82) is 0 Å². The Balaban J connectivity index is 2.89. The van der Waals surface area contributed by atoms with Crippen molar-refractivity contribution < 1.29 is 9.47 Å². The monoisotopic (exact) mass is 252 g/mol. The first-order valence-corrected chi connectivity index (χ1v) is 6.09. The van der Waals surface area contributed by atoms with Crippen LogP contribution < -0.4 is 20.1 Å². The molecule has 1 aromatic rings. The van der Waals surface area contributed by atoms with Crippen LogP contribution in [0.25, 0.3) is 0 Å². The van der Waals surface area contributed by atoms with Gasteiger partial charge in [0.25, 0.3) is 0 Å². The predicted octanol–water partition coefficient (Wildman–Crippen LogP) is 2.42. The van der Waals surface area contributed by atoms with Crippen LogP contribution in [0.5, 0.6) is 11.5 Å². The second kappa shape index (κ2) is 5.96. The first-order valence-electron chi connectivity index (χ1n) is 6.09. The van der Waals surface area contributed by atoms with Crippen molar-refractivity contribution in [2.24, 2.45) is 0 Å². The average Bonchev–Trinajstić information content (AvgIpc) is 2.36. The molecule has 4 heteroatoms. The molecule has 0 aliphatic heterocycles. The molecule has 1 aromatic carbocycles. The Morgan fingerprint density at radius 1 is 1.11 bits per heavy atom. The van der Waals surface area contributed by atoms with Gasteiger partial charge < -0.3 is 20.1 Å². The Morgan fingerprint density at radius 2 is 1.67 bits per heavy atom. The van der Waals surface area contributed by atoms with Crippen LogP contribution >= 0.6 is 0 Å². The minimum atomic E-state index is 0.0413. The first kappa shape index (κ1) is 14.6. The molecular weight excluding hydrogens is 228 g/mol. The maximum atomic E-state index is 5.31. The summed E-state index contributed by atoms with van der Waals surface area (Å²) in [6.45, 7) is 7.18. The minimum Gasteiger partial charge on any atom is -0.493 e. The number of nitrogens with one attached hydrogen (secondary N) is 2. The lowest BCUT2D eigenvalue weighted by Gasteiger charge is -2.25. The van der Waals surface area contributed by atoms with Gasteiger partial charge in [0.05, 0.1) is 14.2 Å². The van der Waals surface area contributed by atoms with Gasteiger partial charge >= 0.3 is 0 Å². The van der Waals surface area contributed by atoms with Crippen LogP contribution in [0.1, 0.15) is 19.4 Å². The van der Waals surface area contributed by atoms with Crippen molar-refractivity contribution in [3.8, 4) is 11.5 Å². The van der Waals surface area contributed by atoms with Gasteiger partial charge in [-0.2, -0.15) is 0 Å². The molecule has 0 amide bonds. The average molecular weight is 252 g/mol. The van der Waals surface area contributed by atoms with E-state index in [2.05, 4.69) is 31.4 Å². The summed E-state index contributed by atoms with van der Waals surface area (Å²) in [5.41, 5.74) is 2.25. The van der Waals surface area contributed by atoms with Crippen molar-refractivity contribution in [3.63, 3.8) is 0 Å². The van der Waals surface area contributed by atoms with E-state index in [4.69, 9.17) is 9.47 Å². The molecular formula is C14H24N2O2. The van der Waals surface area contributed by atoms with E-state index in [-0.39, 0.29) is 5.54 Å². The molecule has 0 aliphatic rings. The lowest BCUT2D eigenvalue weighted by molar-refractivity contribution is 0.355. The van der Waals surface area contributed by atoms with Gasteiger partial charge in [-0.3, -0.25) is 0 Å². The fourth-order valence-corrected chi connectivity index (χ4v) is 1.58. The Labute approximate surface area is 110 Å². The molecule has 0 unspecified atom stereocenters. The Morgan fingerprint density at radius 3 is 2.17 bits per heavy atom. The summed E-state index contributed by atoms with van der Waals surface area (Å²) < 4.78 is 10.6. The number of likely N-dealkylation sites (N-methyl/N-ethyl adjacent to an activating group) is 1. The van der Waals surface area contributed by atoms with Crippen molar-refractivity contribution in [2.75, 3.05) is 33.1 Å². The van der Waals surface area contributed by atoms with Crippen LogP contribution in [0.15, 0.2) is 12.1 Å². The van der Waals surface area contributed by atoms with Crippen molar-refractivity contribution in [3.05, 3.63) is 17.7 Å². The van der Waals surface area contributed by atoms with E-state index in [1.54, 1.807) is 14.2 Å². The van der Waals surface area contributed by atoms with Crippen molar-refractivity contribution in [2.45, 2.75) is 26.3 Å². The summed E-state index contributed by atoms with van der Waals surface area (Å²) in [6.07, 6.45) is 0. The van der Waals surface area contributed by atoms with Gasteiger partial charge in [0, 0.05) is 23.8 Å².